The second-order valence-corrected chi connectivity index (χ2v) is 10.1. The average molecular weight is 496 g/mol. The van der Waals surface area contributed by atoms with E-state index in [1.165, 1.54) is 36.5 Å². The summed E-state index contributed by atoms with van der Waals surface area (Å²) in [6.07, 6.45) is -0.533. The number of carbonyl (C=O) groups is 2. The number of methoxy groups -OCH3 is 1. The summed E-state index contributed by atoms with van der Waals surface area (Å²) in [7, 11) is -2.51. The number of benzene rings is 2. The van der Waals surface area contributed by atoms with E-state index in [4.69, 9.17) is 21.1 Å². The Morgan fingerprint density at radius 2 is 1.76 bits per heavy atom. The summed E-state index contributed by atoms with van der Waals surface area (Å²) in [6, 6.07) is 8.84. The van der Waals surface area contributed by atoms with Gasteiger partial charge in [0.25, 0.3) is 5.91 Å². The van der Waals surface area contributed by atoms with Crippen LogP contribution in [0.4, 0.5) is 11.4 Å². The molecule has 9 nitrogen and oxygen atoms in total. The lowest BCUT2D eigenvalue weighted by Gasteiger charge is -2.34. The number of nitrogens with one attached hydrogen (secondary N) is 2. The van der Waals surface area contributed by atoms with Crippen LogP contribution in [0, 0.1) is 0 Å². The molecular weight excluding hydrogens is 470 g/mol. The molecule has 2 aromatic carbocycles. The highest BCUT2D eigenvalue weighted by Gasteiger charge is 2.34. The van der Waals surface area contributed by atoms with E-state index in [0.717, 1.165) is 0 Å². The van der Waals surface area contributed by atoms with Gasteiger partial charge in [0.15, 0.2) is 0 Å². The smallest absolute Gasteiger partial charge is 0.255 e. The lowest BCUT2D eigenvalue weighted by molar-refractivity contribution is -0.114. The molecule has 0 spiro atoms. The minimum Gasteiger partial charge on any atom is -0.495 e. The molecule has 3 rings (SSSR count). The predicted octanol–water partition coefficient (Wildman–Crippen LogP) is 3.36. The molecular formula is C22H26ClN3O6S. The summed E-state index contributed by atoms with van der Waals surface area (Å²) in [4.78, 5) is 24.2. The van der Waals surface area contributed by atoms with Crippen LogP contribution >= 0.6 is 11.6 Å². The fourth-order valence-electron chi connectivity index (χ4n) is 3.59. The van der Waals surface area contributed by atoms with Gasteiger partial charge in [-0.1, -0.05) is 11.6 Å². The van der Waals surface area contributed by atoms with E-state index in [1.807, 2.05) is 0 Å². The van der Waals surface area contributed by atoms with Crippen molar-refractivity contribution in [2.45, 2.75) is 37.9 Å². The van der Waals surface area contributed by atoms with Gasteiger partial charge < -0.3 is 20.1 Å². The molecule has 1 fully saturated rings. The van der Waals surface area contributed by atoms with Crippen molar-refractivity contribution in [3.63, 3.8) is 0 Å². The van der Waals surface area contributed by atoms with Crippen LogP contribution in [-0.2, 0) is 19.6 Å². The first kappa shape index (κ1) is 25.0. The van der Waals surface area contributed by atoms with Crippen LogP contribution in [-0.4, -0.2) is 56.9 Å². The van der Waals surface area contributed by atoms with Crippen LogP contribution in [0.1, 0.15) is 31.1 Å². The maximum atomic E-state index is 13.3. The second kappa shape index (κ2) is 10.1. The molecule has 2 N–H and O–H groups in total. The molecule has 0 aromatic heterocycles. The van der Waals surface area contributed by atoms with Gasteiger partial charge in [-0.05, 0) is 50.2 Å². The number of nitrogens with zero attached hydrogens (tertiary/aromatic N) is 1. The molecule has 0 bridgehead atoms. The first-order valence-corrected chi connectivity index (χ1v) is 12.0. The Bertz CT molecular complexity index is 1160. The molecule has 1 heterocycles. The highest BCUT2D eigenvalue weighted by molar-refractivity contribution is 7.89. The number of hydrogen-bond acceptors (Lipinski definition) is 6. The van der Waals surface area contributed by atoms with Crippen molar-refractivity contribution in [3.8, 4) is 5.75 Å². The summed E-state index contributed by atoms with van der Waals surface area (Å²) in [6.45, 7) is 5.34. The van der Waals surface area contributed by atoms with Crippen molar-refractivity contribution < 1.29 is 27.5 Å². The zero-order chi connectivity index (χ0) is 24.3. The lowest BCUT2D eigenvalue weighted by Crippen LogP contribution is -2.48. The number of rotatable bonds is 6. The normalized spacial score (nSPS) is 19.1. The van der Waals surface area contributed by atoms with Crippen molar-refractivity contribution >= 4 is 44.8 Å². The fraction of sp³-hybridized carbons (Fsp3) is 0.364. The molecule has 1 saturated heterocycles. The van der Waals surface area contributed by atoms with Crippen molar-refractivity contribution in [2.24, 2.45) is 0 Å². The Hall–Kier alpha value is -2.66. The molecule has 1 aliphatic rings. The van der Waals surface area contributed by atoms with E-state index in [1.54, 1.807) is 32.0 Å². The summed E-state index contributed by atoms with van der Waals surface area (Å²) >= 11 is 6.23. The van der Waals surface area contributed by atoms with Crippen molar-refractivity contribution in [3.05, 3.63) is 47.0 Å². The summed E-state index contributed by atoms with van der Waals surface area (Å²) in [5, 5.41) is 5.34. The molecule has 33 heavy (non-hydrogen) atoms. The average Bonchev–Trinajstić information content (AvgIpc) is 2.73. The van der Waals surface area contributed by atoms with Crippen LogP contribution in [0.15, 0.2) is 41.3 Å². The van der Waals surface area contributed by atoms with Gasteiger partial charge in [0, 0.05) is 31.3 Å². The molecule has 178 valence electrons. The Kier molecular flexibility index (Phi) is 7.63. The third kappa shape index (κ3) is 5.83. The lowest BCUT2D eigenvalue weighted by atomic mass is 10.2. The highest BCUT2D eigenvalue weighted by Crippen LogP contribution is 2.31. The number of sulfonamides is 1. The van der Waals surface area contributed by atoms with Gasteiger partial charge in [0.2, 0.25) is 15.9 Å². The van der Waals surface area contributed by atoms with Crippen LogP contribution < -0.4 is 15.4 Å². The third-order valence-corrected chi connectivity index (χ3v) is 7.28. The van der Waals surface area contributed by atoms with Crippen LogP contribution in [0.5, 0.6) is 5.75 Å². The van der Waals surface area contributed by atoms with Gasteiger partial charge in [-0.25, -0.2) is 8.42 Å². The topological polar surface area (TPSA) is 114 Å². The minimum atomic E-state index is -3.95. The number of hydrogen-bond donors (Lipinski definition) is 2. The van der Waals surface area contributed by atoms with Crippen molar-refractivity contribution in [1.29, 1.82) is 0 Å². The van der Waals surface area contributed by atoms with Gasteiger partial charge in [-0.15, -0.1) is 0 Å². The zero-order valence-corrected chi connectivity index (χ0v) is 20.3. The standard InChI is InChI=1S/C22H26ClN3O6S/c1-13-11-26(12-14(2)32-13)33(29,30)21-9-16(5-7-18(21)23)22(28)25-19-10-17(24-15(3)27)6-8-20(19)31-4/h5-10,13-14H,11-12H2,1-4H3,(H,24,27)(H,25,28). The van der Waals surface area contributed by atoms with Gasteiger partial charge in [-0.2, -0.15) is 4.31 Å². The summed E-state index contributed by atoms with van der Waals surface area (Å²) < 4.78 is 38.8. The zero-order valence-electron chi connectivity index (χ0n) is 18.7. The molecule has 2 aromatic rings. The molecule has 2 unspecified atom stereocenters. The molecule has 2 atom stereocenters. The minimum absolute atomic E-state index is 0.0172. The monoisotopic (exact) mass is 495 g/mol. The van der Waals surface area contributed by atoms with E-state index >= 15 is 0 Å². The van der Waals surface area contributed by atoms with E-state index in [0.29, 0.717) is 17.1 Å². The van der Waals surface area contributed by atoms with Gasteiger partial charge in [0.05, 0.1) is 30.0 Å². The third-order valence-electron chi connectivity index (χ3n) is 4.97. The van der Waals surface area contributed by atoms with Crippen LogP contribution in [0.2, 0.25) is 5.02 Å². The second-order valence-electron chi connectivity index (χ2n) is 7.77. The van der Waals surface area contributed by atoms with Gasteiger partial charge in [-0.3, -0.25) is 9.59 Å². The maximum Gasteiger partial charge on any atom is 0.255 e. The molecule has 11 heteroatoms. The SMILES string of the molecule is COc1ccc(NC(C)=O)cc1NC(=O)c1ccc(Cl)c(S(=O)(=O)N2CC(C)OC(C)C2)c1. The Morgan fingerprint density at radius 3 is 2.36 bits per heavy atom. The van der Waals surface area contributed by atoms with Gasteiger partial charge in [0.1, 0.15) is 10.6 Å². The Balaban J connectivity index is 1.90. The van der Waals surface area contributed by atoms with E-state index in [9.17, 15) is 18.0 Å². The number of morpholine rings is 1. The molecule has 2 amide bonds. The summed E-state index contributed by atoms with van der Waals surface area (Å²) in [5.41, 5.74) is 0.872. The number of ether oxygens (including phenoxy) is 2. The van der Waals surface area contributed by atoms with Crippen molar-refractivity contribution in [1.82, 2.24) is 4.31 Å². The van der Waals surface area contributed by atoms with Crippen LogP contribution in [0.3, 0.4) is 0 Å². The van der Waals surface area contributed by atoms with E-state index in [2.05, 4.69) is 10.6 Å². The maximum absolute atomic E-state index is 13.3. The van der Waals surface area contributed by atoms with E-state index in [-0.39, 0.29) is 46.7 Å². The van der Waals surface area contributed by atoms with Crippen molar-refractivity contribution in [2.75, 3.05) is 30.8 Å². The first-order chi connectivity index (χ1) is 15.5. The Labute approximate surface area is 198 Å². The first-order valence-electron chi connectivity index (χ1n) is 10.2. The largest absolute Gasteiger partial charge is 0.495 e. The fourth-order valence-corrected chi connectivity index (χ4v) is 5.68. The summed E-state index contributed by atoms with van der Waals surface area (Å²) in [5.74, 6) is -0.461. The molecule has 1 aliphatic heterocycles. The number of amides is 2. The number of halogens is 1. The van der Waals surface area contributed by atoms with Crippen LogP contribution in [0.25, 0.3) is 0 Å². The predicted molar refractivity (Wildman–Crippen MR) is 125 cm³/mol. The number of anilines is 2. The quantitative estimate of drug-likeness (QED) is 0.635. The Morgan fingerprint density at radius 1 is 1.09 bits per heavy atom. The number of carbonyl (C=O) groups excluding carboxylic acids is 2. The molecule has 0 aliphatic carbocycles. The molecule has 0 saturated carbocycles. The highest BCUT2D eigenvalue weighted by atomic mass is 35.5. The van der Waals surface area contributed by atoms with Gasteiger partial charge >= 0.3 is 0 Å². The molecule has 0 radical (unpaired) electrons. The van der Waals surface area contributed by atoms with E-state index < -0.39 is 15.9 Å².